The minimum atomic E-state index is -0.551. The van der Waals surface area contributed by atoms with Crippen molar-refractivity contribution in [3.63, 3.8) is 0 Å². The second-order valence-electron chi connectivity index (χ2n) is 6.43. The van der Waals surface area contributed by atoms with E-state index in [0.717, 1.165) is 12.1 Å². The average Bonchev–Trinajstić information content (AvgIpc) is 2.90. The number of hydrogen-bond donors (Lipinski definition) is 1. The maximum atomic E-state index is 12.8. The number of para-hydroxylation sites is 1. The molecule has 1 N–H and O–H groups in total. The van der Waals surface area contributed by atoms with Crippen LogP contribution < -0.4 is 5.32 Å². The van der Waals surface area contributed by atoms with Gasteiger partial charge >= 0.3 is 0 Å². The van der Waals surface area contributed by atoms with Gasteiger partial charge in [-0.15, -0.1) is 0 Å². The number of nitrogens with one attached hydrogen (secondary N) is 1. The summed E-state index contributed by atoms with van der Waals surface area (Å²) in [5, 5.41) is 3.36. The van der Waals surface area contributed by atoms with Gasteiger partial charge in [0.1, 0.15) is 6.04 Å². The fourth-order valence-electron chi connectivity index (χ4n) is 3.24. The van der Waals surface area contributed by atoms with Gasteiger partial charge in [-0.25, -0.2) is 0 Å². The number of carbonyl (C=O) groups excluding carboxylic acids is 2. The van der Waals surface area contributed by atoms with Gasteiger partial charge in [-0.05, 0) is 43.3 Å². The first-order chi connectivity index (χ1) is 13.1. The lowest BCUT2D eigenvalue weighted by atomic mass is 10.1. The molecule has 0 aliphatic carbocycles. The van der Waals surface area contributed by atoms with Crippen LogP contribution in [0.15, 0.2) is 60.7 Å². The number of hydrogen-bond acceptors (Lipinski definition) is 3. The van der Waals surface area contributed by atoms with Gasteiger partial charge in [-0.2, -0.15) is 0 Å². The predicted molar refractivity (Wildman–Crippen MR) is 110 cm³/mol. The maximum Gasteiger partial charge on any atom is 0.252 e. The van der Waals surface area contributed by atoms with Gasteiger partial charge in [-0.1, -0.05) is 48.5 Å². The Balaban J connectivity index is 1.70. The molecule has 140 valence electrons. The molecular formula is C21H23N3O2S. The number of anilines is 1. The minimum Gasteiger partial charge on any atom is -0.336 e. The lowest BCUT2D eigenvalue weighted by Gasteiger charge is -2.23. The molecule has 1 aliphatic heterocycles. The standard InChI is InChI=1S/C21H23N3O2S/c1-2-23-20(26)18(15-19(25)22-17-11-7-4-8-12-17)24(21(23)27)14-13-16-9-5-3-6-10-16/h3-12,18H,2,13-15H2,1H3,(H,22,25)/t18-/m1/s1. The fourth-order valence-corrected chi connectivity index (χ4v) is 3.68. The van der Waals surface area contributed by atoms with Crippen LogP contribution in [0, 0.1) is 0 Å². The van der Waals surface area contributed by atoms with Gasteiger partial charge < -0.3 is 10.2 Å². The van der Waals surface area contributed by atoms with Crippen LogP contribution in [0.1, 0.15) is 18.9 Å². The Morgan fingerprint density at radius 3 is 2.33 bits per heavy atom. The molecule has 1 atom stereocenters. The molecule has 0 saturated carbocycles. The summed E-state index contributed by atoms with van der Waals surface area (Å²) in [4.78, 5) is 28.7. The molecule has 1 fully saturated rings. The van der Waals surface area contributed by atoms with Crippen LogP contribution in [0.25, 0.3) is 0 Å². The Kier molecular flexibility index (Phi) is 6.19. The number of amides is 2. The first-order valence-corrected chi connectivity index (χ1v) is 9.51. The van der Waals surface area contributed by atoms with Gasteiger partial charge in [0.2, 0.25) is 5.91 Å². The highest BCUT2D eigenvalue weighted by Crippen LogP contribution is 2.22. The maximum absolute atomic E-state index is 12.8. The summed E-state index contributed by atoms with van der Waals surface area (Å²) in [7, 11) is 0. The van der Waals surface area contributed by atoms with Crippen LogP contribution >= 0.6 is 12.2 Å². The third-order valence-electron chi connectivity index (χ3n) is 4.64. The topological polar surface area (TPSA) is 52.7 Å². The summed E-state index contributed by atoms with van der Waals surface area (Å²) < 4.78 is 0. The van der Waals surface area contributed by atoms with Crippen LogP contribution in [-0.2, 0) is 16.0 Å². The van der Waals surface area contributed by atoms with Gasteiger partial charge in [-0.3, -0.25) is 14.5 Å². The molecule has 5 nitrogen and oxygen atoms in total. The summed E-state index contributed by atoms with van der Waals surface area (Å²) >= 11 is 5.51. The molecule has 0 radical (unpaired) electrons. The van der Waals surface area contributed by atoms with Crippen molar-refractivity contribution in [3.05, 3.63) is 66.2 Å². The second-order valence-corrected chi connectivity index (χ2v) is 6.79. The van der Waals surface area contributed by atoms with E-state index in [9.17, 15) is 9.59 Å². The minimum absolute atomic E-state index is 0.0825. The highest BCUT2D eigenvalue weighted by Gasteiger charge is 2.42. The average molecular weight is 382 g/mol. The zero-order valence-corrected chi connectivity index (χ0v) is 16.1. The molecule has 1 heterocycles. The van der Waals surface area contributed by atoms with Crippen molar-refractivity contribution in [2.75, 3.05) is 18.4 Å². The number of nitrogens with zero attached hydrogens (tertiary/aromatic N) is 2. The Hall–Kier alpha value is -2.73. The van der Waals surface area contributed by atoms with Crippen molar-refractivity contribution in [3.8, 4) is 0 Å². The van der Waals surface area contributed by atoms with Crippen LogP contribution in [-0.4, -0.2) is 45.9 Å². The molecule has 0 aromatic heterocycles. The molecule has 2 aromatic carbocycles. The first kappa shape index (κ1) is 19.0. The van der Waals surface area contributed by atoms with Crippen molar-refractivity contribution in [2.24, 2.45) is 0 Å². The number of rotatable bonds is 7. The molecule has 0 bridgehead atoms. The van der Waals surface area contributed by atoms with Crippen molar-refractivity contribution in [2.45, 2.75) is 25.8 Å². The molecular weight excluding hydrogens is 358 g/mol. The molecule has 2 amide bonds. The van der Waals surface area contributed by atoms with E-state index in [1.165, 1.54) is 5.56 Å². The summed E-state index contributed by atoms with van der Waals surface area (Å²) in [6.45, 7) is 3.01. The van der Waals surface area contributed by atoms with Gasteiger partial charge in [0, 0.05) is 18.8 Å². The highest BCUT2D eigenvalue weighted by atomic mass is 32.1. The van der Waals surface area contributed by atoms with Crippen LogP contribution in [0.4, 0.5) is 5.69 Å². The van der Waals surface area contributed by atoms with Gasteiger partial charge in [0.05, 0.1) is 6.42 Å². The van der Waals surface area contributed by atoms with E-state index < -0.39 is 6.04 Å². The number of likely N-dealkylation sites (N-methyl/N-ethyl adjacent to an activating group) is 1. The largest absolute Gasteiger partial charge is 0.336 e. The zero-order valence-electron chi connectivity index (χ0n) is 15.3. The summed E-state index contributed by atoms with van der Waals surface area (Å²) in [6, 6.07) is 18.8. The van der Waals surface area contributed by atoms with Crippen LogP contribution in [0.2, 0.25) is 0 Å². The van der Waals surface area contributed by atoms with Crippen LogP contribution in [0.3, 0.4) is 0 Å². The number of benzene rings is 2. The quantitative estimate of drug-likeness (QED) is 0.749. The summed E-state index contributed by atoms with van der Waals surface area (Å²) in [5.41, 5.74) is 1.90. The molecule has 3 rings (SSSR count). The SMILES string of the molecule is CCN1C(=O)[C@@H](CC(=O)Nc2ccccc2)N(CCc2ccccc2)C1=S. The molecule has 1 aliphatic rings. The Morgan fingerprint density at radius 1 is 1.07 bits per heavy atom. The Bertz CT molecular complexity index is 811. The van der Waals surface area contributed by atoms with E-state index in [1.807, 2.05) is 60.4 Å². The Morgan fingerprint density at radius 2 is 1.70 bits per heavy atom. The van der Waals surface area contributed by atoms with Crippen molar-refractivity contribution >= 4 is 34.8 Å². The smallest absolute Gasteiger partial charge is 0.252 e. The van der Waals surface area contributed by atoms with E-state index in [-0.39, 0.29) is 18.2 Å². The third-order valence-corrected chi connectivity index (χ3v) is 5.10. The van der Waals surface area contributed by atoms with E-state index in [2.05, 4.69) is 17.4 Å². The van der Waals surface area contributed by atoms with Crippen molar-refractivity contribution < 1.29 is 9.59 Å². The lowest BCUT2D eigenvalue weighted by molar-refractivity contribution is -0.130. The summed E-state index contributed by atoms with van der Waals surface area (Å²) in [6.07, 6.45) is 0.849. The predicted octanol–water partition coefficient (Wildman–Crippen LogP) is 3.08. The second kappa shape index (κ2) is 8.77. The van der Waals surface area contributed by atoms with Gasteiger partial charge in [0.15, 0.2) is 5.11 Å². The molecule has 0 spiro atoms. The van der Waals surface area contributed by atoms with Crippen LogP contribution in [0.5, 0.6) is 0 Å². The van der Waals surface area contributed by atoms with E-state index in [4.69, 9.17) is 12.2 Å². The van der Waals surface area contributed by atoms with E-state index in [0.29, 0.717) is 18.2 Å². The molecule has 0 unspecified atom stereocenters. The highest BCUT2D eigenvalue weighted by molar-refractivity contribution is 7.80. The summed E-state index contributed by atoms with van der Waals surface area (Å²) in [5.74, 6) is -0.288. The molecule has 6 heteroatoms. The lowest BCUT2D eigenvalue weighted by Crippen LogP contribution is -2.39. The number of thiocarbonyl (C=S) groups is 1. The zero-order chi connectivity index (χ0) is 19.2. The monoisotopic (exact) mass is 381 g/mol. The fraction of sp³-hybridized carbons (Fsp3) is 0.286. The van der Waals surface area contributed by atoms with Gasteiger partial charge in [0.25, 0.3) is 5.91 Å². The Labute approximate surface area is 165 Å². The third kappa shape index (κ3) is 4.52. The van der Waals surface area contributed by atoms with E-state index in [1.54, 1.807) is 4.90 Å². The normalized spacial score (nSPS) is 16.7. The van der Waals surface area contributed by atoms with Crippen molar-refractivity contribution in [1.82, 2.24) is 9.80 Å². The molecule has 2 aromatic rings. The molecule has 27 heavy (non-hydrogen) atoms. The number of carbonyl (C=O) groups is 2. The van der Waals surface area contributed by atoms with E-state index >= 15 is 0 Å². The first-order valence-electron chi connectivity index (χ1n) is 9.11. The molecule has 1 saturated heterocycles. The van der Waals surface area contributed by atoms with Crippen molar-refractivity contribution in [1.29, 1.82) is 0 Å².